The highest BCUT2D eigenvalue weighted by Gasteiger charge is 2.47. The fraction of sp³-hybridized carbons (Fsp3) is 1.00. The van der Waals surface area contributed by atoms with Gasteiger partial charge in [-0.3, -0.25) is 0 Å². The van der Waals surface area contributed by atoms with Crippen molar-refractivity contribution < 1.29 is 4.74 Å². The second kappa shape index (κ2) is 1.71. The van der Waals surface area contributed by atoms with E-state index in [9.17, 15) is 0 Å². The first-order chi connectivity index (χ1) is 3.69. The van der Waals surface area contributed by atoms with Gasteiger partial charge in [-0.1, -0.05) is 6.92 Å². The van der Waals surface area contributed by atoms with E-state index in [-0.39, 0.29) is 0 Å². The van der Waals surface area contributed by atoms with Crippen LogP contribution in [0.15, 0.2) is 0 Å². The first-order valence-corrected chi connectivity index (χ1v) is 2.93. The summed E-state index contributed by atoms with van der Waals surface area (Å²) in [5.41, 5.74) is 5.92. The Morgan fingerprint density at radius 3 is 2.50 bits per heavy atom. The molecule has 0 bridgehead atoms. The van der Waals surface area contributed by atoms with Crippen LogP contribution < -0.4 is 5.73 Å². The minimum atomic E-state index is 0.314. The summed E-state index contributed by atoms with van der Waals surface area (Å²) in [5, 5.41) is 0. The van der Waals surface area contributed by atoms with Crippen molar-refractivity contribution in [3.8, 4) is 0 Å². The van der Waals surface area contributed by atoms with Crippen molar-refractivity contribution in [2.24, 2.45) is 11.1 Å². The lowest BCUT2D eigenvalue weighted by molar-refractivity contribution is 0.147. The van der Waals surface area contributed by atoms with E-state index in [0.29, 0.717) is 11.5 Å². The molecule has 1 aliphatic rings. The summed E-state index contributed by atoms with van der Waals surface area (Å²) >= 11 is 0. The van der Waals surface area contributed by atoms with E-state index >= 15 is 0 Å². The van der Waals surface area contributed by atoms with Gasteiger partial charge in [0, 0.05) is 18.6 Å². The van der Waals surface area contributed by atoms with Crippen molar-refractivity contribution in [1.29, 1.82) is 0 Å². The van der Waals surface area contributed by atoms with Crippen LogP contribution in [0.25, 0.3) is 0 Å². The van der Waals surface area contributed by atoms with Gasteiger partial charge in [-0.05, 0) is 6.42 Å². The lowest BCUT2D eigenvalue weighted by atomic mass is 10.1. The lowest BCUT2D eigenvalue weighted by Gasteiger charge is -2.05. The SMILES string of the molecule is COC[C@]1(C)C[C@H]1N. The highest BCUT2D eigenvalue weighted by molar-refractivity contribution is 5.02. The average Bonchev–Trinajstić information content (AvgIpc) is 2.16. The van der Waals surface area contributed by atoms with Crippen molar-refractivity contribution in [2.45, 2.75) is 19.4 Å². The van der Waals surface area contributed by atoms with Crippen molar-refractivity contribution >= 4 is 0 Å². The van der Waals surface area contributed by atoms with Gasteiger partial charge in [-0.2, -0.15) is 0 Å². The minimum absolute atomic E-state index is 0.314. The molecule has 0 heterocycles. The number of ether oxygens (including phenoxy) is 1. The summed E-state index contributed by atoms with van der Waals surface area (Å²) in [6.45, 7) is 2.97. The molecule has 0 saturated heterocycles. The zero-order valence-electron chi connectivity index (χ0n) is 5.48. The Bertz CT molecular complexity index is 94.5. The molecule has 0 amide bonds. The van der Waals surface area contributed by atoms with Gasteiger partial charge >= 0.3 is 0 Å². The summed E-state index contributed by atoms with van der Waals surface area (Å²) in [6, 6.07) is 0.391. The van der Waals surface area contributed by atoms with E-state index in [1.54, 1.807) is 7.11 Å². The van der Waals surface area contributed by atoms with Crippen LogP contribution in [0.3, 0.4) is 0 Å². The molecule has 0 aromatic rings. The molecule has 2 nitrogen and oxygen atoms in total. The largest absolute Gasteiger partial charge is 0.384 e. The highest BCUT2D eigenvalue weighted by Crippen LogP contribution is 2.43. The molecule has 8 heavy (non-hydrogen) atoms. The molecule has 2 N–H and O–H groups in total. The van der Waals surface area contributed by atoms with Gasteiger partial charge in [0.25, 0.3) is 0 Å². The Kier molecular flexibility index (Phi) is 1.29. The van der Waals surface area contributed by atoms with E-state index in [1.165, 1.54) is 0 Å². The number of nitrogens with two attached hydrogens (primary N) is 1. The Labute approximate surface area is 50.0 Å². The zero-order chi connectivity index (χ0) is 6.20. The minimum Gasteiger partial charge on any atom is -0.384 e. The van der Waals surface area contributed by atoms with Crippen LogP contribution >= 0.6 is 0 Å². The molecule has 2 heteroatoms. The van der Waals surface area contributed by atoms with Gasteiger partial charge < -0.3 is 10.5 Å². The molecule has 0 unspecified atom stereocenters. The number of rotatable bonds is 2. The molecule has 0 aliphatic heterocycles. The van der Waals surface area contributed by atoms with Crippen molar-refractivity contribution in [1.82, 2.24) is 0 Å². The van der Waals surface area contributed by atoms with Crippen LogP contribution in [0.4, 0.5) is 0 Å². The lowest BCUT2D eigenvalue weighted by Crippen LogP contribution is -2.15. The molecule has 1 saturated carbocycles. The second-order valence-corrected chi connectivity index (χ2v) is 2.90. The van der Waals surface area contributed by atoms with E-state index in [4.69, 9.17) is 10.5 Å². The van der Waals surface area contributed by atoms with E-state index in [2.05, 4.69) is 6.92 Å². The van der Waals surface area contributed by atoms with Crippen LogP contribution in [-0.2, 0) is 4.74 Å². The first kappa shape index (κ1) is 6.05. The number of hydrogen-bond acceptors (Lipinski definition) is 2. The second-order valence-electron chi connectivity index (χ2n) is 2.90. The standard InChI is InChI=1S/C6H13NO/c1-6(4-8-2)3-5(6)7/h5H,3-4,7H2,1-2H3/t5-,6+/m1/s1. The summed E-state index contributed by atoms with van der Waals surface area (Å²) in [7, 11) is 1.72. The monoisotopic (exact) mass is 115 g/mol. The Morgan fingerprint density at radius 2 is 2.38 bits per heavy atom. The quantitative estimate of drug-likeness (QED) is 0.564. The summed E-state index contributed by atoms with van der Waals surface area (Å²) < 4.78 is 4.96. The van der Waals surface area contributed by atoms with Crippen molar-refractivity contribution in [2.75, 3.05) is 13.7 Å². The predicted molar refractivity (Wildman–Crippen MR) is 32.6 cm³/mol. The van der Waals surface area contributed by atoms with E-state index in [0.717, 1.165) is 13.0 Å². The van der Waals surface area contributed by atoms with Gasteiger partial charge in [0.15, 0.2) is 0 Å². The van der Waals surface area contributed by atoms with Crippen LogP contribution in [0, 0.1) is 5.41 Å². The molecule has 0 radical (unpaired) electrons. The molecule has 48 valence electrons. The van der Waals surface area contributed by atoms with E-state index < -0.39 is 0 Å². The van der Waals surface area contributed by atoms with Crippen molar-refractivity contribution in [3.63, 3.8) is 0 Å². The fourth-order valence-corrected chi connectivity index (χ4v) is 0.939. The average molecular weight is 115 g/mol. The molecular weight excluding hydrogens is 102 g/mol. The normalized spacial score (nSPS) is 44.6. The topological polar surface area (TPSA) is 35.2 Å². The molecule has 2 atom stereocenters. The van der Waals surface area contributed by atoms with Gasteiger partial charge in [-0.25, -0.2) is 0 Å². The number of hydrogen-bond donors (Lipinski definition) is 1. The third-order valence-corrected chi connectivity index (χ3v) is 1.90. The first-order valence-electron chi connectivity index (χ1n) is 2.93. The maximum absolute atomic E-state index is 5.61. The van der Waals surface area contributed by atoms with Crippen LogP contribution in [0.5, 0.6) is 0 Å². The molecule has 0 spiro atoms. The Balaban J connectivity index is 2.25. The van der Waals surface area contributed by atoms with Gasteiger partial charge in [0.05, 0.1) is 6.61 Å². The summed E-state index contributed by atoms with van der Waals surface area (Å²) in [5.74, 6) is 0. The smallest absolute Gasteiger partial charge is 0.0531 e. The molecule has 0 aromatic heterocycles. The molecule has 1 rings (SSSR count). The van der Waals surface area contributed by atoms with Crippen LogP contribution in [0.1, 0.15) is 13.3 Å². The maximum Gasteiger partial charge on any atom is 0.0531 e. The van der Waals surface area contributed by atoms with E-state index in [1.807, 2.05) is 0 Å². The van der Waals surface area contributed by atoms with Crippen LogP contribution in [-0.4, -0.2) is 19.8 Å². The third kappa shape index (κ3) is 0.858. The van der Waals surface area contributed by atoms with Gasteiger partial charge in [0.2, 0.25) is 0 Å². The molecule has 1 aliphatic carbocycles. The van der Waals surface area contributed by atoms with Crippen LogP contribution in [0.2, 0.25) is 0 Å². The predicted octanol–water partition coefficient (Wildman–Crippen LogP) is 0.370. The fourth-order valence-electron chi connectivity index (χ4n) is 0.939. The van der Waals surface area contributed by atoms with Crippen molar-refractivity contribution in [3.05, 3.63) is 0 Å². The number of methoxy groups -OCH3 is 1. The Morgan fingerprint density at radius 1 is 1.88 bits per heavy atom. The maximum atomic E-state index is 5.61. The third-order valence-electron chi connectivity index (χ3n) is 1.90. The molecule has 1 fully saturated rings. The van der Waals surface area contributed by atoms with Gasteiger partial charge in [-0.15, -0.1) is 0 Å². The Hall–Kier alpha value is -0.0800. The van der Waals surface area contributed by atoms with Gasteiger partial charge in [0.1, 0.15) is 0 Å². The molecular formula is C6H13NO. The summed E-state index contributed by atoms with van der Waals surface area (Å²) in [4.78, 5) is 0. The summed E-state index contributed by atoms with van der Waals surface area (Å²) in [6.07, 6.45) is 1.13. The highest BCUT2D eigenvalue weighted by atomic mass is 16.5. The zero-order valence-corrected chi connectivity index (χ0v) is 5.48. The molecule has 0 aromatic carbocycles.